The van der Waals surface area contributed by atoms with E-state index in [1.807, 2.05) is 4.90 Å². The SMILES string of the molecule is CC(=O)N1CCN(c2ccc(C(=O)NC(C)(C)CN)cc2[N+](=O)[O-])CC1.Cl. The Kier molecular flexibility index (Phi) is 7.55. The maximum absolute atomic E-state index is 12.4. The molecule has 1 aliphatic heterocycles. The van der Waals surface area contributed by atoms with E-state index >= 15 is 0 Å². The number of carbonyl (C=O) groups excluding carboxylic acids is 2. The molecule has 2 amide bonds. The van der Waals surface area contributed by atoms with E-state index in [0.29, 0.717) is 31.9 Å². The Balaban J connectivity index is 0.00000364. The van der Waals surface area contributed by atoms with Crippen molar-refractivity contribution < 1.29 is 14.5 Å². The second-order valence-corrected chi connectivity index (χ2v) is 7.00. The smallest absolute Gasteiger partial charge is 0.293 e. The van der Waals surface area contributed by atoms with Gasteiger partial charge in [0.25, 0.3) is 11.6 Å². The molecule has 0 bridgehead atoms. The first kappa shape index (κ1) is 22.7. The summed E-state index contributed by atoms with van der Waals surface area (Å²) in [6.45, 7) is 7.36. The second kappa shape index (κ2) is 9.01. The Hall–Kier alpha value is -2.39. The molecule has 0 spiro atoms. The molecule has 2 rings (SSSR count). The number of rotatable bonds is 5. The topological polar surface area (TPSA) is 122 Å². The van der Waals surface area contributed by atoms with E-state index in [1.165, 1.54) is 13.0 Å². The first-order valence-electron chi connectivity index (χ1n) is 8.46. The van der Waals surface area contributed by atoms with Crippen molar-refractivity contribution in [2.24, 2.45) is 5.73 Å². The summed E-state index contributed by atoms with van der Waals surface area (Å²) >= 11 is 0. The summed E-state index contributed by atoms with van der Waals surface area (Å²) < 4.78 is 0. The van der Waals surface area contributed by atoms with Crippen molar-refractivity contribution in [2.45, 2.75) is 26.3 Å². The van der Waals surface area contributed by atoms with Crippen LogP contribution in [0.3, 0.4) is 0 Å². The summed E-state index contributed by atoms with van der Waals surface area (Å²) in [7, 11) is 0. The van der Waals surface area contributed by atoms with Gasteiger partial charge in [0.05, 0.1) is 4.92 Å². The van der Waals surface area contributed by atoms with Crippen molar-refractivity contribution in [1.29, 1.82) is 0 Å². The van der Waals surface area contributed by atoms with Crippen molar-refractivity contribution in [2.75, 3.05) is 37.6 Å². The van der Waals surface area contributed by atoms with Crippen LogP contribution in [0.25, 0.3) is 0 Å². The van der Waals surface area contributed by atoms with Crippen LogP contribution in [0, 0.1) is 10.1 Å². The molecule has 1 aliphatic rings. The molecule has 1 aromatic rings. The van der Waals surface area contributed by atoms with Gasteiger partial charge in [-0.3, -0.25) is 19.7 Å². The molecule has 10 heteroatoms. The molecule has 150 valence electrons. The zero-order chi connectivity index (χ0) is 19.5. The lowest BCUT2D eigenvalue weighted by molar-refractivity contribution is -0.384. The number of nitrogens with one attached hydrogen (secondary N) is 1. The molecule has 0 saturated carbocycles. The number of nitrogens with two attached hydrogens (primary N) is 1. The summed E-state index contributed by atoms with van der Waals surface area (Å²) in [6.07, 6.45) is 0. The number of amides is 2. The van der Waals surface area contributed by atoms with Gasteiger partial charge < -0.3 is 20.9 Å². The number of halogens is 1. The van der Waals surface area contributed by atoms with Crippen LogP contribution in [0.4, 0.5) is 11.4 Å². The van der Waals surface area contributed by atoms with Crippen LogP contribution >= 0.6 is 12.4 Å². The lowest BCUT2D eigenvalue weighted by Gasteiger charge is -2.35. The molecule has 9 nitrogen and oxygen atoms in total. The summed E-state index contributed by atoms with van der Waals surface area (Å²) in [6, 6.07) is 4.45. The third-order valence-corrected chi connectivity index (χ3v) is 4.46. The predicted molar refractivity (Wildman–Crippen MR) is 105 cm³/mol. The number of benzene rings is 1. The maximum Gasteiger partial charge on any atom is 0.293 e. The first-order valence-corrected chi connectivity index (χ1v) is 8.46. The molecule has 1 saturated heterocycles. The maximum atomic E-state index is 12.4. The molecular formula is C17H26ClN5O4. The van der Waals surface area contributed by atoms with Gasteiger partial charge in [-0.05, 0) is 26.0 Å². The number of piperazine rings is 1. The third kappa shape index (κ3) is 5.54. The van der Waals surface area contributed by atoms with Crippen LogP contribution in [-0.2, 0) is 4.79 Å². The molecule has 0 aromatic heterocycles. The quantitative estimate of drug-likeness (QED) is 0.565. The summed E-state index contributed by atoms with van der Waals surface area (Å²) in [5, 5.41) is 14.3. The van der Waals surface area contributed by atoms with Gasteiger partial charge in [0.15, 0.2) is 0 Å². The Morgan fingerprint density at radius 1 is 1.26 bits per heavy atom. The number of nitro groups is 1. The molecule has 3 N–H and O–H groups in total. The number of hydrogen-bond acceptors (Lipinski definition) is 6. The molecule has 0 aliphatic carbocycles. The van der Waals surface area contributed by atoms with E-state index in [9.17, 15) is 19.7 Å². The van der Waals surface area contributed by atoms with Gasteiger partial charge in [0, 0.05) is 56.8 Å². The fraction of sp³-hybridized carbons (Fsp3) is 0.529. The lowest BCUT2D eigenvalue weighted by atomic mass is 10.0. The standard InChI is InChI=1S/C17H25N5O4.ClH/c1-12(23)20-6-8-21(9-7-20)14-5-4-13(10-15(14)22(25)26)16(24)19-17(2,3)11-18;/h4-5,10H,6-9,11,18H2,1-3H3,(H,19,24);1H. The zero-order valence-electron chi connectivity index (χ0n) is 15.7. The highest BCUT2D eigenvalue weighted by Gasteiger charge is 2.27. The van der Waals surface area contributed by atoms with Gasteiger partial charge in [-0.1, -0.05) is 0 Å². The lowest BCUT2D eigenvalue weighted by Crippen LogP contribution is -2.49. The number of nitro benzene ring substituents is 1. The monoisotopic (exact) mass is 399 g/mol. The minimum absolute atomic E-state index is 0. The van der Waals surface area contributed by atoms with Gasteiger partial charge in [0.1, 0.15) is 5.69 Å². The molecule has 1 aromatic carbocycles. The Labute approximate surface area is 164 Å². The van der Waals surface area contributed by atoms with Gasteiger partial charge in [-0.25, -0.2) is 0 Å². The van der Waals surface area contributed by atoms with E-state index in [2.05, 4.69) is 5.32 Å². The van der Waals surface area contributed by atoms with Gasteiger partial charge in [0.2, 0.25) is 5.91 Å². The molecular weight excluding hydrogens is 374 g/mol. The second-order valence-electron chi connectivity index (χ2n) is 7.00. The van der Waals surface area contributed by atoms with Crippen molar-refractivity contribution in [3.63, 3.8) is 0 Å². The summed E-state index contributed by atoms with van der Waals surface area (Å²) in [4.78, 5) is 38.4. The zero-order valence-corrected chi connectivity index (χ0v) is 16.5. The molecule has 1 fully saturated rings. The average molecular weight is 400 g/mol. The molecule has 0 radical (unpaired) electrons. The summed E-state index contributed by atoms with van der Waals surface area (Å²) in [5.74, 6) is -0.412. The van der Waals surface area contributed by atoms with Crippen LogP contribution < -0.4 is 16.0 Å². The molecule has 0 unspecified atom stereocenters. The van der Waals surface area contributed by atoms with E-state index in [4.69, 9.17) is 5.73 Å². The predicted octanol–water partition coefficient (Wildman–Crippen LogP) is 1.15. The van der Waals surface area contributed by atoms with E-state index < -0.39 is 16.4 Å². The number of hydrogen-bond donors (Lipinski definition) is 2. The number of nitrogens with zero attached hydrogens (tertiary/aromatic N) is 3. The normalized spacial score (nSPS) is 14.4. The fourth-order valence-electron chi connectivity index (χ4n) is 2.77. The van der Waals surface area contributed by atoms with Gasteiger partial charge >= 0.3 is 0 Å². The summed E-state index contributed by atoms with van der Waals surface area (Å²) in [5.41, 5.74) is 5.54. The largest absolute Gasteiger partial charge is 0.362 e. The van der Waals surface area contributed by atoms with E-state index in [-0.39, 0.29) is 36.1 Å². The van der Waals surface area contributed by atoms with Gasteiger partial charge in [-0.2, -0.15) is 0 Å². The van der Waals surface area contributed by atoms with Crippen molar-refractivity contribution in [3.8, 4) is 0 Å². The molecule has 1 heterocycles. The van der Waals surface area contributed by atoms with Crippen LogP contribution in [0.1, 0.15) is 31.1 Å². The highest BCUT2D eigenvalue weighted by atomic mass is 35.5. The minimum Gasteiger partial charge on any atom is -0.362 e. The van der Waals surface area contributed by atoms with Crippen LogP contribution in [-0.4, -0.2) is 59.9 Å². The highest BCUT2D eigenvalue weighted by molar-refractivity contribution is 5.96. The van der Waals surface area contributed by atoms with Crippen LogP contribution in [0.15, 0.2) is 18.2 Å². The Morgan fingerprint density at radius 3 is 2.33 bits per heavy atom. The Morgan fingerprint density at radius 2 is 1.85 bits per heavy atom. The molecule has 27 heavy (non-hydrogen) atoms. The number of anilines is 1. The first-order chi connectivity index (χ1) is 12.1. The van der Waals surface area contributed by atoms with Gasteiger partial charge in [-0.15, -0.1) is 12.4 Å². The minimum atomic E-state index is -0.604. The van der Waals surface area contributed by atoms with E-state index in [0.717, 1.165) is 0 Å². The highest BCUT2D eigenvalue weighted by Crippen LogP contribution is 2.30. The van der Waals surface area contributed by atoms with Crippen LogP contribution in [0.2, 0.25) is 0 Å². The third-order valence-electron chi connectivity index (χ3n) is 4.46. The van der Waals surface area contributed by atoms with E-state index in [1.54, 1.807) is 30.9 Å². The van der Waals surface area contributed by atoms with Crippen LogP contribution in [0.5, 0.6) is 0 Å². The van der Waals surface area contributed by atoms with Crippen molar-refractivity contribution in [1.82, 2.24) is 10.2 Å². The average Bonchev–Trinajstić information content (AvgIpc) is 2.60. The fourth-order valence-corrected chi connectivity index (χ4v) is 2.77. The Bertz CT molecular complexity index is 717. The van der Waals surface area contributed by atoms with Crippen molar-refractivity contribution in [3.05, 3.63) is 33.9 Å². The molecule has 0 atom stereocenters. The number of carbonyl (C=O) groups is 2. The van der Waals surface area contributed by atoms with Crippen molar-refractivity contribution >= 4 is 35.6 Å².